The highest BCUT2D eigenvalue weighted by atomic mass is 32.2. The van der Waals surface area contributed by atoms with Crippen LogP contribution in [0.25, 0.3) is 0 Å². The Morgan fingerprint density at radius 2 is 2.10 bits per heavy atom. The number of amides is 1. The molecule has 2 rings (SSSR count). The lowest BCUT2D eigenvalue weighted by Gasteiger charge is -2.24. The Balaban J connectivity index is 2.69. The first-order valence-corrected chi connectivity index (χ1v) is 8.06. The van der Waals surface area contributed by atoms with Crippen molar-refractivity contribution in [3.05, 3.63) is 28.8 Å². The van der Waals surface area contributed by atoms with Gasteiger partial charge in [-0.2, -0.15) is 4.99 Å². The Kier molecular flexibility index (Phi) is 4.02. The molecule has 4 N–H and O–H groups in total. The number of fused-ring (bicyclic) bond motifs is 1. The van der Waals surface area contributed by atoms with Gasteiger partial charge in [-0.3, -0.25) is 4.79 Å². The lowest BCUT2D eigenvalue weighted by molar-refractivity contribution is 0.0922. The summed E-state index contributed by atoms with van der Waals surface area (Å²) in [7, 11) is -3.57. The van der Waals surface area contributed by atoms with E-state index in [0.717, 1.165) is 0 Å². The van der Waals surface area contributed by atoms with Crippen molar-refractivity contribution in [1.82, 2.24) is 0 Å². The van der Waals surface area contributed by atoms with E-state index in [1.165, 1.54) is 6.07 Å². The van der Waals surface area contributed by atoms with Gasteiger partial charge in [0.2, 0.25) is 9.84 Å². The van der Waals surface area contributed by atoms with Gasteiger partial charge < -0.3 is 16.2 Å². The van der Waals surface area contributed by atoms with Gasteiger partial charge in [0.1, 0.15) is 0 Å². The SMILES string of the molecule is CCc1cc2c(cc1C(=O)N=C(N)N)S(=O)(=O)COC2C. The predicted molar refractivity (Wildman–Crippen MR) is 77.5 cm³/mol. The summed E-state index contributed by atoms with van der Waals surface area (Å²) in [5.74, 6) is -1.41. The molecule has 1 aliphatic rings. The number of aryl methyl sites for hydroxylation is 1. The average Bonchev–Trinajstić information content (AvgIpc) is 2.41. The van der Waals surface area contributed by atoms with E-state index in [-0.39, 0.29) is 22.5 Å². The maximum Gasteiger partial charge on any atom is 0.280 e. The molecule has 1 unspecified atom stereocenters. The summed E-state index contributed by atoms with van der Waals surface area (Å²) in [6.45, 7) is 3.63. The second-order valence-electron chi connectivity index (χ2n) is 4.78. The molecule has 1 aliphatic heterocycles. The first-order valence-electron chi connectivity index (χ1n) is 6.41. The van der Waals surface area contributed by atoms with E-state index in [1.807, 2.05) is 6.92 Å². The van der Waals surface area contributed by atoms with Crippen molar-refractivity contribution in [3.8, 4) is 0 Å². The normalized spacial score (nSPS) is 19.6. The van der Waals surface area contributed by atoms with Crippen LogP contribution in [0.5, 0.6) is 0 Å². The maximum absolute atomic E-state index is 12.1. The van der Waals surface area contributed by atoms with Crippen LogP contribution in [0, 0.1) is 0 Å². The quantitative estimate of drug-likeness (QED) is 0.604. The van der Waals surface area contributed by atoms with E-state index < -0.39 is 21.7 Å². The second-order valence-corrected chi connectivity index (χ2v) is 6.69. The Bertz CT molecular complexity index is 721. The molecular formula is C13H17N3O4S. The molecule has 0 saturated heterocycles. The summed E-state index contributed by atoms with van der Waals surface area (Å²) in [4.78, 5) is 15.6. The van der Waals surface area contributed by atoms with Gasteiger partial charge in [-0.1, -0.05) is 13.0 Å². The number of benzene rings is 1. The fourth-order valence-electron chi connectivity index (χ4n) is 2.24. The lowest BCUT2D eigenvalue weighted by Crippen LogP contribution is -2.25. The molecule has 0 aromatic heterocycles. The fourth-order valence-corrected chi connectivity index (χ4v) is 3.64. The molecule has 1 atom stereocenters. The third-order valence-electron chi connectivity index (χ3n) is 3.32. The van der Waals surface area contributed by atoms with Crippen LogP contribution in [-0.4, -0.2) is 26.2 Å². The summed E-state index contributed by atoms with van der Waals surface area (Å²) >= 11 is 0. The van der Waals surface area contributed by atoms with E-state index in [4.69, 9.17) is 16.2 Å². The minimum atomic E-state index is -3.57. The third kappa shape index (κ3) is 2.91. The maximum atomic E-state index is 12.1. The van der Waals surface area contributed by atoms with Crippen LogP contribution in [0.15, 0.2) is 22.0 Å². The van der Waals surface area contributed by atoms with Gasteiger partial charge in [-0.25, -0.2) is 8.42 Å². The molecule has 1 heterocycles. The minimum Gasteiger partial charge on any atom is -0.370 e. The fraction of sp³-hybridized carbons (Fsp3) is 0.385. The van der Waals surface area contributed by atoms with Crippen molar-refractivity contribution in [2.75, 3.05) is 5.94 Å². The highest BCUT2D eigenvalue weighted by Crippen LogP contribution is 2.34. The van der Waals surface area contributed by atoms with Crippen molar-refractivity contribution in [2.24, 2.45) is 16.5 Å². The monoisotopic (exact) mass is 311 g/mol. The molecule has 0 saturated carbocycles. The van der Waals surface area contributed by atoms with Crippen LogP contribution >= 0.6 is 0 Å². The number of aliphatic imine (C=N–C) groups is 1. The Morgan fingerprint density at radius 1 is 1.43 bits per heavy atom. The molecule has 114 valence electrons. The first-order chi connectivity index (χ1) is 9.76. The third-order valence-corrected chi connectivity index (χ3v) is 4.79. The highest BCUT2D eigenvalue weighted by Gasteiger charge is 2.30. The largest absolute Gasteiger partial charge is 0.370 e. The van der Waals surface area contributed by atoms with Crippen LogP contribution in [0.2, 0.25) is 0 Å². The molecule has 0 bridgehead atoms. The molecule has 1 amide bonds. The summed E-state index contributed by atoms with van der Waals surface area (Å²) in [6.07, 6.45) is 0.197. The Hall–Kier alpha value is -1.93. The number of carbonyl (C=O) groups excluding carboxylic acids is 1. The molecule has 0 radical (unpaired) electrons. The van der Waals surface area contributed by atoms with Crippen LogP contribution < -0.4 is 11.5 Å². The number of guanidine groups is 1. The summed E-state index contributed by atoms with van der Waals surface area (Å²) in [5.41, 5.74) is 11.8. The van der Waals surface area contributed by atoms with E-state index in [0.29, 0.717) is 17.5 Å². The molecule has 8 heteroatoms. The van der Waals surface area contributed by atoms with Crippen LogP contribution in [0.1, 0.15) is 41.4 Å². The number of rotatable bonds is 2. The number of nitrogens with zero attached hydrogens (tertiary/aromatic N) is 1. The number of ether oxygens (including phenoxy) is 1. The number of nitrogens with two attached hydrogens (primary N) is 2. The number of hydrogen-bond donors (Lipinski definition) is 2. The van der Waals surface area contributed by atoms with Crippen LogP contribution in [0.4, 0.5) is 0 Å². The zero-order valence-electron chi connectivity index (χ0n) is 11.8. The molecular weight excluding hydrogens is 294 g/mol. The van der Waals surface area contributed by atoms with Gasteiger partial charge in [0.05, 0.1) is 11.0 Å². The van der Waals surface area contributed by atoms with Gasteiger partial charge in [-0.05, 0) is 30.5 Å². The van der Waals surface area contributed by atoms with Crippen LogP contribution in [0.3, 0.4) is 0 Å². The van der Waals surface area contributed by atoms with Gasteiger partial charge >= 0.3 is 0 Å². The molecule has 1 aromatic rings. The van der Waals surface area contributed by atoms with Crippen molar-refractivity contribution >= 4 is 21.7 Å². The van der Waals surface area contributed by atoms with Gasteiger partial charge in [0, 0.05) is 5.56 Å². The van der Waals surface area contributed by atoms with Crippen molar-refractivity contribution in [1.29, 1.82) is 0 Å². The van der Waals surface area contributed by atoms with Crippen molar-refractivity contribution < 1.29 is 17.9 Å². The van der Waals surface area contributed by atoms with Gasteiger partial charge in [0.25, 0.3) is 5.91 Å². The molecule has 7 nitrogen and oxygen atoms in total. The molecule has 0 fully saturated rings. The zero-order valence-corrected chi connectivity index (χ0v) is 12.6. The van der Waals surface area contributed by atoms with E-state index in [9.17, 15) is 13.2 Å². The van der Waals surface area contributed by atoms with E-state index in [2.05, 4.69) is 4.99 Å². The first kappa shape index (κ1) is 15.5. The predicted octanol–water partition coefficient (Wildman–Crippen LogP) is 0.485. The van der Waals surface area contributed by atoms with E-state index in [1.54, 1.807) is 13.0 Å². The topological polar surface area (TPSA) is 125 Å². The van der Waals surface area contributed by atoms with Gasteiger partial charge in [0.15, 0.2) is 11.9 Å². The number of carbonyl (C=O) groups is 1. The molecule has 1 aromatic carbocycles. The van der Waals surface area contributed by atoms with Crippen molar-refractivity contribution in [3.63, 3.8) is 0 Å². The summed E-state index contributed by atoms with van der Waals surface area (Å²) < 4.78 is 29.4. The number of hydrogen-bond acceptors (Lipinski definition) is 4. The Labute approximate surface area is 122 Å². The smallest absolute Gasteiger partial charge is 0.280 e. The van der Waals surface area contributed by atoms with Crippen LogP contribution in [-0.2, 0) is 21.0 Å². The minimum absolute atomic E-state index is 0.104. The Morgan fingerprint density at radius 3 is 2.67 bits per heavy atom. The zero-order chi connectivity index (χ0) is 15.8. The van der Waals surface area contributed by atoms with Crippen molar-refractivity contribution in [2.45, 2.75) is 31.3 Å². The lowest BCUT2D eigenvalue weighted by atomic mass is 9.99. The molecule has 21 heavy (non-hydrogen) atoms. The summed E-state index contributed by atoms with van der Waals surface area (Å²) in [5, 5.41) is 0. The highest BCUT2D eigenvalue weighted by molar-refractivity contribution is 7.91. The van der Waals surface area contributed by atoms with E-state index >= 15 is 0 Å². The standard InChI is InChI=1S/C13H17N3O4S/c1-3-8-4-9-7(2)20-6-21(18,19)11(9)5-10(8)12(17)16-13(14)15/h4-5,7H,3,6H2,1-2H3,(H4,14,15,16,17). The number of sulfone groups is 1. The second kappa shape index (κ2) is 5.45. The average molecular weight is 311 g/mol. The molecule has 0 spiro atoms. The molecule has 0 aliphatic carbocycles. The van der Waals surface area contributed by atoms with Gasteiger partial charge in [-0.15, -0.1) is 0 Å². The summed E-state index contributed by atoms with van der Waals surface area (Å²) in [6, 6.07) is 3.02.